The molecule has 2 saturated heterocycles. The molecule has 0 radical (unpaired) electrons. The molecule has 2 aliphatic heterocycles. The number of carboxylic acid groups (broad SMARTS) is 1. The number of hydrogen-bond donors (Lipinski definition) is 3. The van der Waals surface area contributed by atoms with Gasteiger partial charge in [-0.1, -0.05) is 18.2 Å². The molecule has 0 aliphatic carbocycles. The predicted octanol–water partition coefficient (Wildman–Crippen LogP) is -0.0165. The van der Waals surface area contributed by atoms with E-state index in [2.05, 4.69) is 5.32 Å². The molecule has 0 aromatic heterocycles. The van der Waals surface area contributed by atoms with Crippen molar-refractivity contribution in [1.82, 2.24) is 10.2 Å². The fraction of sp³-hybridized carbons (Fsp3) is 0.438. The second kappa shape index (κ2) is 5.92. The van der Waals surface area contributed by atoms with Crippen LogP contribution in [0, 0.1) is 0 Å². The molecule has 3 atom stereocenters. The highest BCUT2D eigenvalue weighted by Crippen LogP contribution is 2.54. The normalized spacial score (nSPS) is 29.6. The van der Waals surface area contributed by atoms with Gasteiger partial charge in [0, 0.05) is 0 Å². The number of nitrogens with two attached hydrogens (primary N) is 1. The summed E-state index contributed by atoms with van der Waals surface area (Å²) in [5.74, 6) is -1.67. The maximum absolute atomic E-state index is 12.4. The molecular formula is C16H19N3O5S. The molecule has 4 N–H and O–H groups in total. The number of aliphatic carboxylic acids is 1. The standard InChI is InChI=1S/C16H19N3O5S/c1-15(2)16(17,14(22)23)19-12(21)11(13(19)25-15)18-10(20)8-24-9-6-4-3-5-7-9/h3-7,11,13H,8,17H2,1-2H3,(H,18,20)(H,22,23)/t11-,13+,16-/m0/s1. The Labute approximate surface area is 148 Å². The summed E-state index contributed by atoms with van der Waals surface area (Å²) in [6.07, 6.45) is 0. The smallest absolute Gasteiger partial charge is 0.346 e. The number of hydrogen-bond acceptors (Lipinski definition) is 6. The lowest BCUT2D eigenvalue weighted by atomic mass is 9.89. The van der Waals surface area contributed by atoms with E-state index in [1.54, 1.807) is 38.1 Å². The number of benzene rings is 1. The highest BCUT2D eigenvalue weighted by Gasteiger charge is 2.71. The lowest BCUT2D eigenvalue weighted by Gasteiger charge is -2.47. The van der Waals surface area contributed by atoms with Crippen LogP contribution in [-0.4, -0.2) is 56.2 Å². The van der Waals surface area contributed by atoms with Gasteiger partial charge in [0.15, 0.2) is 6.61 Å². The molecule has 0 unspecified atom stereocenters. The monoisotopic (exact) mass is 365 g/mol. The number of para-hydroxylation sites is 1. The molecule has 25 heavy (non-hydrogen) atoms. The quantitative estimate of drug-likeness (QED) is 0.627. The van der Waals surface area contributed by atoms with E-state index in [0.717, 1.165) is 4.90 Å². The summed E-state index contributed by atoms with van der Waals surface area (Å²) in [5.41, 5.74) is 4.23. The summed E-state index contributed by atoms with van der Waals surface area (Å²) < 4.78 is 4.45. The molecule has 0 bridgehead atoms. The van der Waals surface area contributed by atoms with E-state index in [-0.39, 0.29) is 6.61 Å². The fourth-order valence-corrected chi connectivity index (χ4v) is 4.68. The van der Waals surface area contributed by atoms with Gasteiger partial charge in [0.25, 0.3) is 11.8 Å². The van der Waals surface area contributed by atoms with Crippen LogP contribution >= 0.6 is 11.8 Å². The number of rotatable bonds is 5. The van der Waals surface area contributed by atoms with Crippen molar-refractivity contribution < 1.29 is 24.2 Å². The van der Waals surface area contributed by atoms with Gasteiger partial charge in [-0.15, -0.1) is 11.8 Å². The molecule has 1 aromatic carbocycles. The van der Waals surface area contributed by atoms with Gasteiger partial charge in [-0.2, -0.15) is 0 Å². The van der Waals surface area contributed by atoms with Gasteiger partial charge < -0.3 is 15.2 Å². The van der Waals surface area contributed by atoms with E-state index in [1.165, 1.54) is 11.8 Å². The minimum absolute atomic E-state index is 0.235. The minimum atomic E-state index is -1.80. The van der Waals surface area contributed by atoms with E-state index in [0.29, 0.717) is 5.75 Å². The maximum Gasteiger partial charge on any atom is 0.346 e. The van der Waals surface area contributed by atoms with E-state index < -0.39 is 39.6 Å². The zero-order valence-corrected chi connectivity index (χ0v) is 14.6. The summed E-state index contributed by atoms with van der Waals surface area (Å²) in [4.78, 5) is 37.2. The van der Waals surface area contributed by atoms with Crippen molar-refractivity contribution in [2.24, 2.45) is 5.73 Å². The molecule has 1 aromatic rings. The van der Waals surface area contributed by atoms with E-state index in [1.807, 2.05) is 6.07 Å². The number of carbonyl (C=O) groups excluding carboxylic acids is 2. The van der Waals surface area contributed by atoms with Crippen molar-refractivity contribution in [2.75, 3.05) is 6.61 Å². The average molecular weight is 365 g/mol. The largest absolute Gasteiger partial charge is 0.484 e. The van der Waals surface area contributed by atoms with Gasteiger partial charge in [-0.3, -0.25) is 20.2 Å². The highest BCUT2D eigenvalue weighted by molar-refractivity contribution is 8.01. The first-order valence-corrected chi connectivity index (χ1v) is 8.57. The molecule has 2 aliphatic rings. The Morgan fingerprint density at radius 3 is 2.60 bits per heavy atom. The highest BCUT2D eigenvalue weighted by atomic mass is 32.2. The molecule has 2 heterocycles. The van der Waals surface area contributed by atoms with Gasteiger partial charge in [0.1, 0.15) is 17.2 Å². The minimum Gasteiger partial charge on any atom is -0.484 e. The van der Waals surface area contributed by atoms with E-state index in [4.69, 9.17) is 10.5 Å². The Bertz CT molecular complexity index is 726. The molecule has 9 heteroatoms. The van der Waals surface area contributed by atoms with Gasteiger partial charge >= 0.3 is 5.97 Å². The molecule has 2 fully saturated rings. The summed E-state index contributed by atoms with van der Waals surface area (Å²) in [6.45, 7) is 3.12. The third-order valence-corrected chi connectivity index (χ3v) is 6.14. The number of ether oxygens (including phenoxy) is 1. The average Bonchev–Trinajstić information content (AvgIpc) is 2.77. The summed E-state index contributed by atoms with van der Waals surface area (Å²) >= 11 is 1.26. The summed E-state index contributed by atoms with van der Waals surface area (Å²) in [7, 11) is 0. The van der Waals surface area contributed by atoms with Crippen LogP contribution in [0.25, 0.3) is 0 Å². The second-order valence-corrected chi connectivity index (χ2v) is 8.18. The molecule has 8 nitrogen and oxygen atoms in total. The Kier molecular flexibility index (Phi) is 4.16. The van der Waals surface area contributed by atoms with Crippen LogP contribution in [0.3, 0.4) is 0 Å². The van der Waals surface area contributed by atoms with Gasteiger partial charge in [-0.05, 0) is 26.0 Å². The number of carboxylic acids is 1. The van der Waals surface area contributed by atoms with Crippen molar-refractivity contribution >= 4 is 29.5 Å². The van der Waals surface area contributed by atoms with Gasteiger partial charge in [-0.25, -0.2) is 4.79 Å². The predicted molar refractivity (Wildman–Crippen MR) is 90.7 cm³/mol. The van der Waals surface area contributed by atoms with Crippen LogP contribution in [0.1, 0.15) is 13.8 Å². The van der Waals surface area contributed by atoms with Crippen LogP contribution < -0.4 is 15.8 Å². The van der Waals surface area contributed by atoms with Crippen LogP contribution in [0.4, 0.5) is 0 Å². The lowest BCUT2D eigenvalue weighted by Crippen LogP contribution is -2.78. The Hall–Kier alpha value is -2.26. The molecular weight excluding hydrogens is 346 g/mol. The van der Waals surface area contributed by atoms with Crippen LogP contribution in [0.2, 0.25) is 0 Å². The molecule has 0 saturated carbocycles. The van der Waals surface area contributed by atoms with Crippen molar-refractivity contribution in [3.63, 3.8) is 0 Å². The molecule has 3 rings (SSSR count). The lowest BCUT2D eigenvalue weighted by molar-refractivity contribution is -0.171. The number of nitrogens with zero attached hydrogens (tertiary/aromatic N) is 1. The third kappa shape index (κ3) is 2.63. The van der Waals surface area contributed by atoms with Gasteiger partial charge in [0.05, 0.1) is 4.75 Å². The molecule has 134 valence electrons. The Balaban J connectivity index is 1.64. The Morgan fingerprint density at radius 2 is 2.00 bits per heavy atom. The van der Waals surface area contributed by atoms with Gasteiger partial charge in [0.2, 0.25) is 5.66 Å². The van der Waals surface area contributed by atoms with Crippen molar-refractivity contribution in [2.45, 2.75) is 35.7 Å². The van der Waals surface area contributed by atoms with E-state index >= 15 is 0 Å². The third-order valence-electron chi connectivity index (χ3n) is 4.51. The van der Waals surface area contributed by atoms with Crippen molar-refractivity contribution in [3.8, 4) is 5.75 Å². The maximum atomic E-state index is 12.4. The number of nitrogens with one attached hydrogen (secondary N) is 1. The number of thioether (sulfide) groups is 1. The number of fused-ring (bicyclic) bond motifs is 1. The van der Waals surface area contributed by atoms with Crippen molar-refractivity contribution in [1.29, 1.82) is 0 Å². The van der Waals surface area contributed by atoms with Crippen molar-refractivity contribution in [3.05, 3.63) is 30.3 Å². The van der Waals surface area contributed by atoms with E-state index in [9.17, 15) is 19.5 Å². The fourth-order valence-electron chi connectivity index (χ4n) is 3.02. The number of amides is 2. The van der Waals surface area contributed by atoms with Crippen LogP contribution in [0.15, 0.2) is 30.3 Å². The van der Waals surface area contributed by atoms with Crippen LogP contribution in [0.5, 0.6) is 5.75 Å². The summed E-state index contributed by atoms with van der Waals surface area (Å²) in [5, 5.41) is 11.6. The SMILES string of the molecule is CC1(C)S[C@@H]2[C@@H](NC(=O)COc3ccccc3)C(=O)N2[C@@]1(N)C(=O)O. The first kappa shape index (κ1) is 17.6. The zero-order valence-electron chi connectivity index (χ0n) is 13.8. The number of carbonyl (C=O) groups is 3. The molecule has 2 amide bonds. The summed E-state index contributed by atoms with van der Waals surface area (Å²) in [6, 6.07) is 8.02. The topological polar surface area (TPSA) is 122 Å². The number of β-lactam (4-membered cyclic amide) rings is 1. The first-order valence-electron chi connectivity index (χ1n) is 7.69. The molecule has 0 spiro atoms. The second-order valence-electron chi connectivity index (χ2n) is 6.45. The first-order chi connectivity index (χ1) is 11.7. The Morgan fingerprint density at radius 1 is 1.36 bits per heavy atom. The van der Waals surface area contributed by atoms with Crippen LogP contribution in [-0.2, 0) is 14.4 Å². The zero-order chi connectivity index (χ0) is 18.4.